The number of carbonyl (C=O) groups excluding carboxylic acids is 1. The summed E-state index contributed by atoms with van der Waals surface area (Å²) >= 11 is 3.17. The number of aromatic nitrogens is 1. The standard InChI is InChI=1S/C22H31N3OS2.C6H12O2.C2H6/c1-15(2)11-22(13-26-14-22)25-17-8-9-18(19(10-17)28-23)20-12-24-21(27-20)16-6-4-3-5-7-16;1-4-6(7)8-5(2)3;1-2/h8-10,12,15-16,25H,3-7,11,13-14,23H2,1-2H3;5H,4H2,1-3H3;1-2H3. The van der Waals surface area contributed by atoms with Gasteiger partial charge >= 0.3 is 5.97 Å². The number of benzene rings is 1. The first kappa shape index (κ1) is 32.6. The summed E-state index contributed by atoms with van der Waals surface area (Å²) < 4.78 is 10.3. The van der Waals surface area contributed by atoms with Gasteiger partial charge in [-0.3, -0.25) is 9.93 Å². The van der Waals surface area contributed by atoms with E-state index in [0.29, 0.717) is 18.3 Å². The highest BCUT2D eigenvalue weighted by Crippen LogP contribution is 2.40. The zero-order valence-electron chi connectivity index (χ0n) is 24.5. The Morgan fingerprint density at radius 2 is 1.89 bits per heavy atom. The van der Waals surface area contributed by atoms with Crippen LogP contribution in [-0.2, 0) is 14.3 Å². The lowest BCUT2D eigenvalue weighted by Gasteiger charge is -2.44. The Balaban J connectivity index is 0.000000437. The van der Waals surface area contributed by atoms with Gasteiger partial charge in [0.2, 0.25) is 0 Å². The van der Waals surface area contributed by atoms with Crippen LogP contribution in [0, 0.1) is 5.92 Å². The Kier molecular flexibility index (Phi) is 14.1. The molecule has 0 amide bonds. The van der Waals surface area contributed by atoms with Crippen molar-refractivity contribution >= 4 is 34.9 Å². The SMILES string of the molecule is CC.CC(C)CC1(Nc2ccc(-c3cnc(C4CCCCC4)s3)c(SN)c2)COC1.CCC(=O)OC(C)C. The van der Waals surface area contributed by atoms with E-state index in [1.54, 1.807) is 6.92 Å². The summed E-state index contributed by atoms with van der Waals surface area (Å²) in [6.45, 7) is 15.5. The van der Waals surface area contributed by atoms with Crippen LogP contribution in [0.3, 0.4) is 0 Å². The molecule has 1 aromatic heterocycles. The third kappa shape index (κ3) is 9.85. The summed E-state index contributed by atoms with van der Waals surface area (Å²) in [5.74, 6) is 1.16. The summed E-state index contributed by atoms with van der Waals surface area (Å²) in [4.78, 5) is 17.5. The third-order valence-electron chi connectivity index (χ3n) is 6.47. The van der Waals surface area contributed by atoms with E-state index >= 15 is 0 Å². The molecule has 0 spiro atoms. The molecular formula is C30H49N3O3S2. The van der Waals surface area contributed by atoms with Gasteiger partial charge in [0, 0.05) is 34.7 Å². The number of thiazole rings is 1. The third-order valence-corrected chi connectivity index (χ3v) is 8.26. The molecule has 0 radical (unpaired) electrons. The fraction of sp³-hybridized carbons (Fsp3) is 0.667. The first-order valence-corrected chi connectivity index (χ1v) is 16.0. The van der Waals surface area contributed by atoms with Gasteiger partial charge in [-0.25, -0.2) is 4.98 Å². The van der Waals surface area contributed by atoms with E-state index in [0.717, 1.165) is 30.2 Å². The molecule has 1 aliphatic heterocycles. The summed E-state index contributed by atoms with van der Waals surface area (Å²) in [7, 11) is 0. The minimum atomic E-state index is -0.125. The molecule has 4 rings (SSSR count). The van der Waals surface area contributed by atoms with E-state index in [9.17, 15) is 4.79 Å². The molecule has 1 saturated heterocycles. The zero-order valence-corrected chi connectivity index (χ0v) is 26.1. The van der Waals surface area contributed by atoms with Crippen LogP contribution >= 0.6 is 23.3 Å². The average Bonchev–Trinajstić information content (AvgIpc) is 3.39. The number of nitrogens with two attached hydrogens (primary N) is 1. The lowest BCUT2D eigenvalue weighted by atomic mass is 9.87. The molecule has 2 aliphatic rings. The van der Waals surface area contributed by atoms with Crippen molar-refractivity contribution in [3.63, 3.8) is 0 Å². The van der Waals surface area contributed by atoms with E-state index in [4.69, 9.17) is 19.6 Å². The highest BCUT2D eigenvalue weighted by molar-refractivity contribution is 7.97. The summed E-state index contributed by atoms with van der Waals surface area (Å²) in [6, 6.07) is 6.55. The average molecular weight is 564 g/mol. The Labute approximate surface area is 239 Å². The number of esters is 1. The van der Waals surface area contributed by atoms with Crippen LogP contribution in [-0.4, -0.2) is 35.8 Å². The maximum Gasteiger partial charge on any atom is 0.305 e. The van der Waals surface area contributed by atoms with Crippen molar-refractivity contribution in [1.29, 1.82) is 0 Å². The monoisotopic (exact) mass is 563 g/mol. The number of anilines is 1. The van der Waals surface area contributed by atoms with Gasteiger partial charge in [-0.05, 0) is 63.1 Å². The Morgan fingerprint density at radius 1 is 1.21 bits per heavy atom. The Morgan fingerprint density at radius 3 is 2.39 bits per heavy atom. The fourth-order valence-electron chi connectivity index (χ4n) is 4.87. The molecule has 2 fully saturated rings. The van der Waals surface area contributed by atoms with Gasteiger partial charge in [-0.1, -0.05) is 59.9 Å². The van der Waals surface area contributed by atoms with Gasteiger partial charge in [0.15, 0.2) is 0 Å². The van der Waals surface area contributed by atoms with Crippen molar-refractivity contribution in [3.8, 4) is 10.4 Å². The van der Waals surface area contributed by atoms with E-state index < -0.39 is 0 Å². The summed E-state index contributed by atoms with van der Waals surface area (Å²) in [5.41, 5.74) is 2.38. The fourth-order valence-corrected chi connectivity index (χ4v) is 6.57. The number of hydrogen-bond donors (Lipinski definition) is 2. The Hall–Kier alpha value is -1.61. The van der Waals surface area contributed by atoms with Crippen molar-refractivity contribution in [2.45, 2.75) is 116 Å². The zero-order chi connectivity index (χ0) is 28.1. The van der Waals surface area contributed by atoms with Crippen LogP contribution in [0.2, 0.25) is 0 Å². The van der Waals surface area contributed by atoms with Gasteiger partial charge in [-0.2, -0.15) is 0 Å². The topological polar surface area (TPSA) is 86.5 Å². The first-order valence-electron chi connectivity index (χ1n) is 14.3. The minimum absolute atomic E-state index is 0.0300. The molecule has 1 aliphatic carbocycles. The number of nitrogens with one attached hydrogen (secondary N) is 1. The van der Waals surface area contributed by atoms with Gasteiger partial charge in [0.05, 0.1) is 34.7 Å². The molecule has 2 heterocycles. The molecule has 1 saturated carbocycles. The van der Waals surface area contributed by atoms with E-state index in [1.807, 2.05) is 45.2 Å². The van der Waals surface area contributed by atoms with Crippen molar-refractivity contribution in [2.75, 3.05) is 18.5 Å². The van der Waals surface area contributed by atoms with Gasteiger partial charge in [0.25, 0.3) is 0 Å². The maximum absolute atomic E-state index is 10.4. The van der Waals surface area contributed by atoms with Crippen molar-refractivity contribution in [1.82, 2.24) is 4.98 Å². The molecular weight excluding hydrogens is 514 g/mol. The predicted molar refractivity (Wildman–Crippen MR) is 163 cm³/mol. The molecule has 2 aromatic rings. The van der Waals surface area contributed by atoms with Crippen molar-refractivity contribution < 1.29 is 14.3 Å². The molecule has 38 heavy (non-hydrogen) atoms. The second kappa shape index (κ2) is 16.5. The minimum Gasteiger partial charge on any atom is -0.463 e. The van der Waals surface area contributed by atoms with Crippen molar-refractivity contribution in [3.05, 3.63) is 29.4 Å². The molecule has 1 aromatic carbocycles. The molecule has 6 nitrogen and oxygen atoms in total. The molecule has 0 atom stereocenters. The van der Waals surface area contributed by atoms with Crippen LogP contribution in [0.1, 0.15) is 104 Å². The lowest BCUT2D eigenvalue weighted by Crippen LogP contribution is -2.56. The Bertz CT molecular complexity index is 967. The largest absolute Gasteiger partial charge is 0.463 e. The van der Waals surface area contributed by atoms with E-state index in [-0.39, 0.29) is 17.6 Å². The van der Waals surface area contributed by atoms with E-state index in [2.05, 4.69) is 37.4 Å². The van der Waals surface area contributed by atoms with Crippen LogP contribution in [0.5, 0.6) is 0 Å². The van der Waals surface area contributed by atoms with Gasteiger partial charge in [0.1, 0.15) is 0 Å². The molecule has 3 N–H and O–H groups in total. The lowest BCUT2D eigenvalue weighted by molar-refractivity contribution is -0.146. The quantitative estimate of drug-likeness (QED) is 0.234. The number of nitrogens with zero attached hydrogens (tertiary/aromatic N) is 1. The van der Waals surface area contributed by atoms with Crippen LogP contribution in [0.4, 0.5) is 5.69 Å². The summed E-state index contributed by atoms with van der Waals surface area (Å²) in [5, 5.41) is 11.1. The number of hydrogen-bond acceptors (Lipinski definition) is 8. The second-order valence-corrected chi connectivity index (χ2v) is 12.4. The van der Waals surface area contributed by atoms with Crippen molar-refractivity contribution in [2.24, 2.45) is 11.1 Å². The smallest absolute Gasteiger partial charge is 0.305 e. The number of rotatable bonds is 9. The van der Waals surface area contributed by atoms with Gasteiger partial charge < -0.3 is 14.8 Å². The van der Waals surface area contributed by atoms with Gasteiger partial charge in [-0.15, -0.1) is 11.3 Å². The normalized spacial score (nSPS) is 16.6. The maximum atomic E-state index is 10.4. The highest BCUT2D eigenvalue weighted by Gasteiger charge is 2.39. The highest BCUT2D eigenvalue weighted by atomic mass is 32.2. The molecule has 0 bridgehead atoms. The molecule has 214 valence electrons. The van der Waals surface area contributed by atoms with Crippen LogP contribution in [0.15, 0.2) is 29.3 Å². The number of carbonyl (C=O) groups is 1. The van der Waals surface area contributed by atoms with Crippen LogP contribution < -0.4 is 10.5 Å². The predicted octanol–water partition coefficient (Wildman–Crippen LogP) is 8.42. The van der Waals surface area contributed by atoms with Crippen LogP contribution in [0.25, 0.3) is 10.4 Å². The van der Waals surface area contributed by atoms with E-state index in [1.165, 1.54) is 59.5 Å². The second-order valence-electron chi connectivity index (χ2n) is 10.6. The summed E-state index contributed by atoms with van der Waals surface area (Å²) in [6.07, 6.45) is 10.3. The number of ether oxygens (including phenoxy) is 2. The first-order chi connectivity index (χ1) is 18.2. The molecule has 0 unspecified atom stereocenters. The molecule has 8 heteroatoms.